The molecule has 1 aromatic heterocycles. The smallest absolute Gasteiger partial charge is 0.0995 e. The third kappa shape index (κ3) is 4.96. The van der Waals surface area contributed by atoms with Crippen molar-refractivity contribution < 1.29 is 0 Å². The number of rotatable bonds is 5. The Morgan fingerprint density at radius 2 is 1.52 bits per heavy atom. The second-order valence-electron chi connectivity index (χ2n) is 14.4. The van der Waals surface area contributed by atoms with Crippen molar-refractivity contribution in [3.8, 4) is 29.3 Å². The van der Waals surface area contributed by atoms with Crippen LogP contribution in [0.1, 0.15) is 53.5 Å². The van der Waals surface area contributed by atoms with Gasteiger partial charge in [0.15, 0.2) is 0 Å². The molecule has 2 aliphatic carbocycles. The van der Waals surface area contributed by atoms with Crippen molar-refractivity contribution in [2.24, 2.45) is 0 Å². The van der Waals surface area contributed by atoms with Gasteiger partial charge in [0.1, 0.15) is 0 Å². The summed E-state index contributed by atoms with van der Waals surface area (Å²) < 4.78 is 2.40. The highest BCUT2D eigenvalue weighted by molar-refractivity contribution is 6.08. The number of hydrogen-bond acceptors (Lipinski definition) is 4. The van der Waals surface area contributed by atoms with Gasteiger partial charge in [0.05, 0.1) is 35.4 Å². The van der Waals surface area contributed by atoms with Gasteiger partial charge in [-0.25, -0.2) is 0 Å². The van der Waals surface area contributed by atoms with E-state index in [1.807, 2.05) is 18.2 Å². The zero-order valence-electron chi connectivity index (χ0n) is 28.9. The quantitative estimate of drug-likeness (QED) is 0.171. The van der Waals surface area contributed by atoms with E-state index in [9.17, 15) is 15.8 Å². The summed E-state index contributed by atoms with van der Waals surface area (Å²) >= 11 is 0. The number of benzene rings is 5. The molecular weight excluding hydrogens is 635 g/mol. The molecule has 1 aliphatic heterocycles. The molecule has 6 aromatic rings. The molecule has 4 atom stereocenters. The van der Waals surface area contributed by atoms with E-state index in [0.29, 0.717) is 16.7 Å². The molecular formula is C47H35N5. The van der Waals surface area contributed by atoms with E-state index < -0.39 is 0 Å². The van der Waals surface area contributed by atoms with Crippen LogP contribution < -0.4 is 4.90 Å². The second-order valence-corrected chi connectivity index (χ2v) is 14.4. The molecule has 5 aromatic carbocycles. The normalized spacial score (nSPS) is 21.6. The summed E-state index contributed by atoms with van der Waals surface area (Å²) in [4.78, 5) is 2.43. The van der Waals surface area contributed by atoms with Crippen LogP contribution in [0.2, 0.25) is 0 Å². The van der Waals surface area contributed by atoms with Gasteiger partial charge in [-0.1, -0.05) is 110 Å². The van der Waals surface area contributed by atoms with Crippen LogP contribution in [0.5, 0.6) is 0 Å². The Hall–Kier alpha value is -6.61. The van der Waals surface area contributed by atoms with Gasteiger partial charge in [-0.15, -0.1) is 0 Å². The number of fused-ring (bicyclic) bond motifs is 6. The maximum absolute atomic E-state index is 10.6. The Morgan fingerprint density at radius 1 is 0.769 bits per heavy atom. The molecule has 248 valence electrons. The summed E-state index contributed by atoms with van der Waals surface area (Å²) in [7, 11) is 0. The highest BCUT2D eigenvalue weighted by Gasteiger charge is 2.42. The van der Waals surface area contributed by atoms with Crippen molar-refractivity contribution in [2.75, 3.05) is 4.90 Å². The maximum atomic E-state index is 10.6. The molecule has 0 amide bonds. The molecule has 52 heavy (non-hydrogen) atoms. The molecule has 0 N–H and O–H groups in total. The first-order valence-corrected chi connectivity index (χ1v) is 17.9. The Bertz CT molecular complexity index is 2600. The summed E-state index contributed by atoms with van der Waals surface area (Å²) in [5, 5.41) is 32.4. The summed E-state index contributed by atoms with van der Waals surface area (Å²) in [5.41, 5.74) is 10.8. The lowest BCUT2D eigenvalue weighted by atomic mass is 9.72. The molecule has 2 heterocycles. The minimum Gasteiger partial charge on any atom is -0.357 e. The van der Waals surface area contributed by atoms with Crippen molar-refractivity contribution >= 4 is 27.5 Å². The molecule has 0 spiro atoms. The van der Waals surface area contributed by atoms with Crippen LogP contribution in [-0.4, -0.2) is 16.7 Å². The Kier molecular flexibility index (Phi) is 7.43. The van der Waals surface area contributed by atoms with E-state index in [2.05, 4.69) is 156 Å². The van der Waals surface area contributed by atoms with Gasteiger partial charge in [-0.3, -0.25) is 0 Å². The molecule has 5 nitrogen and oxygen atoms in total. The van der Waals surface area contributed by atoms with E-state index in [-0.39, 0.29) is 23.4 Å². The summed E-state index contributed by atoms with van der Waals surface area (Å²) in [5.74, 6) is 0.0691. The second kappa shape index (κ2) is 12.3. The van der Waals surface area contributed by atoms with Gasteiger partial charge in [0, 0.05) is 57.0 Å². The number of anilines is 1. The van der Waals surface area contributed by atoms with Crippen LogP contribution in [0, 0.1) is 34.0 Å². The first-order chi connectivity index (χ1) is 25.5. The Labute approximate surface area is 303 Å². The fourth-order valence-corrected chi connectivity index (χ4v) is 8.96. The zero-order valence-corrected chi connectivity index (χ0v) is 28.9. The number of nitrogens with zero attached hydrogens (tertiary/aromatic N) is 5. The van der Waals surface area contributed by atoms with Gasteiger partial charge >= 0.3 is 0 Å². The third-order valence-corrected chi connectivity index (χ3v) is 11.5. The largest absolute Gasteiger partial charge is 0.357 e. The fraction of sp³-hybridized carbons (Fsp3) is 0.170. The van der Waals surface area contributed by atoms with Crippen molar-refractivity contribution in [3.05, 3.63) is 173 Å². The van der Waals surface area contributed by atoms with Crippen LogP contribution in [0.25, 0.3) is 32.9 Å². The molecule has 0 saturated carbocycles. The lowest BCUT2D eigenvalue weighted by molar-refractivity contribution is 0.446. The number of para-hydroxylation sites is 2. The molecule has 4 unspecified atom stereocenters. The SMILES string of the molecule is CC1(c2ccc(-c3ccccc3Cn3c4ccccc4c4ccccc43)cc2C#N)C=CC(N2c3cc(C#N)ccc3C3C=C(C#N)C=CC32)CC1. The van der Waals surface area contributed by atoms with Crippen LogP contribution in [0.15, 0.2) is 145 Å². The van der Waals surface area contributed by atoms with E-state index in [4.69, 9.17) is 0 Å². The predicted octanol–water partition coefficient (Wildman–Crippen LogP) is 10.2. The molecule has 9 rings (SSSR count). The third-order valence-electron chi connectivity index (χ3n) is 11.5. The first kappa shape index (κ1) is 31.4. The van der Waals surface area contributed by atoms with E-state index in [0.717, 1.165) is 47.3 Å². The lowest BCUT2D eigenvalue weighted by Gasteiger charge is -2.40. The van der Waals surface area contributed by atoms with Crippen molar-refractivity contribution in [3.63, 3.8) is 0 Å². The van der Waals surface area contributed by atoms with E-state index >= 15 is 0 Å². The highest BCUT2D eigenvalue weighted by Crippen LogP contribution is 2.49. The molecule has 5 heteroatoms. The molecule has 0 fully saturated rings. The first-order valence-electron chi connectivity index (χ1n) is 17.9. The number of nitriles is 3. The standard InChI is InChI=1S/C47H35N5/c1-47(22-20-36(21-23-47)52-45-19-15-31(27-48)24-41(45)40-17-14-32(28-49)25-46(40)52)42-18-16-33(26-35(42)29-50)37-9-3-2-8-34(37)30-51-43-12-6-4-10-38(43)39-11-5-7-13-44(39)51/h2-20,22,24-26,36,41,45H,21,23,30H2,1H3. The number of hydrogen-bond donors (Lipinski definition) is 0. The summed E-state index contributed by atoms with van der Waals surface area (Å²) in [6, 6.07) is 45.4. The van der Waals surface area contributed by atoms with Gasteiger partial charge in [0.2, 0.25) is 0 Å². The van der Waals surface area contributed by atoms with Crippen molar-refractivity contribution in [2.45, 2.75) is 49.7 Å². The van der Waals surface area contributed by atoms with Crippen LogP contribution in [0.4, 0.5) is 5.69 Å². The molecule has 0 bridgehead atoms. The lowest BCUT2D eigenvalue weighted by Crippen LogP contribution is -2.43. The summed E-state index contributed by atoms with van der Waals surface area (Å²) in [6.07, 6.45) is 12.5. The van der Waals surface area contributed by atoms with Gasteiger partial charge in [-0.05, 0) is 77.1 Å². The van der Waals surface area contributed by atoms with E-state index in [1.54, 1.807) is 0 Å². The zero-order chi connectivity index (χ0) is 35.4. The number of allylic oxidation sites excluding steroid dienone is 3. The van der Waals surface area contributed by atoms with Crippen LogP contribution in [0.3, 0.4) is 0 Å². The maximum Gasteiger partial charge on any atom is 0.0995 e. The minimum absolute atomic E-state index is 0.0691. The van der Waals surface area contributed by atoms with Gasteiger partial charge < -0.3 is 9.47 Å². The molecule has 3 aliphatic rings. The number of aromatic nitrogens is 1. The Morgan fingerprint density at radius 3 is 2.23 bits per heavy atom. The van der Waals surface area contributed by atoms with Gasteiger partial charge in [0.25, 0.3) is 0 Å². The van der Waals surface area contributed by atoms with Gasteiger partial charge in [-0.2, -0.15) is 15.8 Å². The minimum atomic E-state index is -0.310. The topological polar surface area (TPSA) is 79.5 Å². The Balaban J connectivity index is 1.04. The molecule has 0 saturated heterocycles. The molecule has 0 radical (unpaired) electrons. The monoisotopic (exact) mass is 669 g/mol. The average Bonchev–Trinajstić information content (AvgIpc) is 3.69. The predicted molar refractivity (Wildman–Crippen MR) is 208 cm³/mol. The van der Waals surface area contributed by atoms with Crippen LogP contribution in [-0.2, 0) is 12.0 Å². The van der Waals surface area contributed by atoms with Crippen LogP contribution >= 0.6 is 0 Å². The highest BCUT2D eigenvalue weighted by atomic mass is 15.2. The van der Waals surface area contributed by atoms with Crippen molar-refractivity contribution in [1.82, 2.24) is 4.57 Å². The fourth-order valence-electron chi connectivity index (χ4n) is 8.96. The van der Waals surface area contributed by atoms with E-state index in [1.165, 1.54) is 27.4 Å². The van der Waals surface area contributed by atoms with Crippen molar-refractivity contribution in [1.29, 1.82) is 15.8 Å². The average molecular weight is 670 g/mol. The summed E-state index contributed by atoms with van der Waals surface area (Å²) in [6.45, 7) is 2.96.